The zero-order chi connectivity index (χ0) is 22.0. The molecule has 3 atom stereocenters. The van der Waals surface area contributed by atoms with Crippen molar-refractivity contribution in [1.29, 1.82) is 0 Å². The van der Waals surface area contributed by atoms with Crippen molar-refractivity contribution in [3.63, 3.8) is 0 Å². The van der Waals surface area contributed by atoms with E-state index in [0.29, 0.717) is 29.3 Å². The van der Waals surface area contributed by atoms with Crippen molar-refractivity contribution in [1.82, 2.24) is 5.32 Å². The molecule has 0 unspecified atom stereocenters. The number of anilines is 1. The first kappa shape index (κ1) is 22.1. The van der Waals surface area contributed by atoms with Gasteiger partial charge in [-0.1, -0.05) is 38.3 Å². The van der Waals surface area contributed by atoms with Crippen LogP contribution in [-0.4, -0.2) is 28.9 Å². The van der Waals surface area contributed by atoms with E-state index < -0.39 is 17.8 Å². The van der Waals surface area contributed by atoms with E-state index in [-0.39, 0.29) is 17.9 Å². The number of nitrogens with one attached hydrogen (secondary N) is 2. The van der Waals surface area contributed by atoms with Gasteiger partial charge < -0.3 is 15.7 Å². The van der Waals surface area contributed by atoms with Crippen LogP contribution in [0.15, 0.2) is 12.2 Å². The molecule has 1 heterocycles. The number of hydrogen-bond acceptors (Lipinski definition) is 4. The maximum Gasteiger partial charge on any atom is 0.307 e. The second-order valence-corrected chi connectivity index (χ2v) is 10.5. The Hall–Kier alpha value is -2.15. The van der Waals surface area contributed by atoms with Gasteiger partial charge >= 0.3 is 5.97 Å². The second kappa shape index (κ2) is 9.55. The number of amides is 2. The average molecular weight is 445 g/mol. The molecule has 3 aliphatic carbocycles. The average Bonchev–Trinajstić information content (AvgIpc) is 3.11. The Morgan fingerprint density at radius 1 is 1.03 bits per heavy atom. The van der Waals surface area contributed by atoms with Crippen molar-refractivity contribution in [3.8, 4) is 0 Å². The Morgan fingerprint density at radius 2 is 1.74 bits per heavy atom. The normalized spacial score (nSPS) is 26.2. The molecule has 4 rings (SSSR count). The van der Waals surface area contributed by atoms with E-state index in [1.165, 1.54) is 22.6 Å². The zero-order valence-electron chi connectivity index (χ0n) is 18.1. The number of hydrogen-bond donors (Lipinski definition) is 3. The zero-order valence-corrected chi connectivity index (χ0v) is 18.9. The van der Waals surface area contributed by atoms with Crippen molar-refractivity contribution in [2.24, 2.45) is 17.8 Å². The molecule has 0 bridgehead atoms. The Balaban J connectivity index is 1.59. The van der Waals surface area contributed by atoms with E-state index in [9.17, 15) is 19.5 Å². The lowest BCUT2D eigenvalue weighted by Gasteiger charge is -2.25. The largest absolute Gasteiger partial charge is 0.481 e. The number of allylic oxidation sites excluding steroid dienone is 2. The third-order valence-corrected chi connectivity index (χ3v) is 8.17. The van der Waals surface area contributed by atoms with Crippen molar-refractivity contribution in [2.45, 2.75) is 77.2 Å². The van der Waals surface area contributed by atoms with Crippen LogP contribution in [0.25, 0.3) is 0 Å². The van der Waals surface area contributed by atoms with Crippen LogP contribution in [0.2, 0.25) is 0 Å². The van der Waals surface area contributed by atoms with Crippen LogP contribution in [0.1, 0.15) is 79.1 Å². The quantitative estimate of drug-likeness (QED) is 0.581. The monoisotopic (exact) mass is 444 g/mol. The molecular weight excluding hydrogens is 412 g/mol. The summed E-state index contributed by atoms with van der Waals surface area (Å²) in [7, 11) is 0. The Kier molecular flexibility index (Phi) is 6.80. The summed E-state index contributed by atoms with van der Waals surface area (Å²) < 4.78 is 0. The summed E-state index contributed by atoms with van der Waals surface area (Å²) in [4.78, 5) is 39.2. The number of carbonyl (C=O) groups excluding carboxylic acids is 2. The number of carboxylic acids is 1. The molecule has 1 saturated carbocycles. The van der Waals surface area contributed by atoms with Crippen molar-refractivity contribution < 1.29 is 19.5 Å². The van der Waals surface area contributed by atoms with E-state index >= 15 is 0 Å². The number of rotatable bonds is 5. The summed E-state index contributed by atoms with van der Waals surface area (Å²) in [5.74, 6) is -2.11. The summed E-state index contributed by atoms with van der Waals surface area (Å²) in [5.41, 5.74) is 1.69. The summed E-state index contributed by atoms with van der Waals surface area (Å²) in [6.45, 7) is 2.22. The maximum absolute atomic E-state index is 13.3. The van der Waals surface area contributed by atoms with Gasteiger partial charge in [0.2, 0.25) is 5.91 Å². The van der Waals surface area contributed by atoms with E-state index in [2.05, 4.69) is 17.6 Å². The Labute approximate surface area is 187 Å². The molecule has 1 aromatic rings. The highest BCUT2D eigenvalue weighted by Crippen LogP contribution is 2.40. The van der Waals surface area contributed by atoms with Gasteiger partial charge in [-0.25, -0.2) is 0 Å². The van der Waals surface area contributed by atoms with E-state index in [1.54, 1.807) is 0 Å². The van der Waals surface area contributed by atoms with Gasteiger partial charge in [-0.2, -0.15) is 0 Å². The van der Waals surface area contributed by atoms with Crippen LogP contribution in [0, 0.1) is 17.8 Å². The van der Waals surface area contributed by atoms with Gasteiger partial charge in [-0.05, 0) is 56.4 Å². The molecule has 31 heavy (non-hydrogen) atoms. The smallest absolute Gasteiger partial charge is 0.307 e. The predicted octanol–water partition coefficient (Wildman–Crippen LogP) is 4.54. The Bertz CT molecular complexity index is 884. The van der Waals surface area contributed by atoms with E-state index in [1.807, 2.05) is 12.2 Å². The van der Waals surface area contributed by atoms with Gasteiger partial charge in [0, 0.05) is 10.9 Å². The van der Waals surface area contributed by atoms with Crippen molar-refractivity contribution in [2.75, 3.05) is 5.32 Å². The molecule has 0 aliphatic heterocycles. The predicted molar refractivity (Wildman–Crippen MR) is 121 cm³/mol. The van der Waals surface area contributed by atoms with Gasteiger partial charge in [-0.3, -0.25) is 14.4 Å². The molecule has 3 N–H and O–H groups in total. The molecule has 0 radical (unpaired) electrons. The van der Waals surface area contributed by atoms with Gasteiger partial charge in [-0.15, -0.1) is 11.3 Å². The first-order chi connectivity index (χ1) is 14.9. The van der Waals surface area contributed by atoms with Crippen LogP contribution in [-0.2, 0) is 22.4 Å². The summed E-state index contributed by atoms with van der Waals surface area (Å²) in [5, 5.41) is 16.3. The van der Waals surface area contributed by atoms with Gasteiger partial charge in [0.1, 0.15) is 5.00 Å². The fraction of sp³-hybridized carbons (Fsp3) is 0.625. The standard InChI is InChI=1S/C24H32N2O4S/c1-14-11-12-18-19(13-14)31-23(20(18)22(28)25-15-7-3-2-4-8-15)26-21(27)16-9-5-6-10-17(16)24(29)30/h5-6,14-17H,2-4,7-13H2,1H3,(H,25,28)(H,26,27)(H,29,30)/t14-,16-,17-/m0/s1. The maximum atomic E-state index is 13.3. The lowest BCUT2D eigenvalue weighted by molar-refractivity contribution is -0.146. The number of carboxylic acid groups (broad SMARTS) is 1. The van der Waals surface area contributed by atoms with Gasteiger partial charge in [0.15, 0.2) is 0 Å². The molecule has 3 aliphatic rings. The van der Waals surface area contributed by atoms with E-state index in [0.717, 1.165) is 50.5 Å². The molecule has 1 aromatic heterocycles. The van der Waals surface area contributed by atoms with Crippen LogP contribution in [0.4, 0.5) is 5.00 Å². The fourth-order valence-corrected chi connectivity index (χ4v) is 6.58. The third-order valence-electron chi connectivity index (χ3n) is 7.00. The minimum Gasteiger partial charge on any atom is -0.481 e. The van der Waals surface area contributed by atoms with E-state index in [4.69, 9.17) is 0 Å². The molecule has 0 saturated heterocycles. The molecule has 1 fully saturated rings. The molecule has 6 nitrogen and oxygen atoms in total. The third kappa shape index (κ3) is 4.86. The minimum atomic E-state index is -0.945. The molecule has 168 valence electrons. The molecular formula is C24H32N2O4S. The second-order valence-electron chi connectivity index (χ2n) is 9.35. The highest BCUT2D eigenvalue weighted by molar-refractivity contribution is 7.17. The summed E-state index contributed by atoms with van der Waals surface area (Å²) in [6.07, 6.45) is 12.8. The van der Waals surface area contributed by atoms with Crippen LogP contribution < -0.4 is 10.6 Å². The van der Waals surface area contributed by atoms with Crippen molar-refractivity contribution >= 4 is 34.1 Å². The van der Waals surface area contributed by atoms with Crippen molar-refractivity contribution in [3.05, 3.63) is 28.2 Å². The first-order valence-corrected chi connectivity index (χ1v) is 12.4. The SMILES string of the molecule is C[C@H]1CCc2c(sc(NC(=O)[C@H]3CC=CC[C@@H]3C(=O)O)c2C(=O)NC2CCCCC2)C1. The van der Waals surface area contributed by atoms with Crippen LogP contribution in [0.5, 0.6) is 0 Å². The number of aliphatic carboxylic acids is 1. The number of fused-ring (bicyclic) bond motifs is 1. The number of carbonyl (C=O) groups is 3. The lowest BCUT2D eigenvalue weighted by atomic mass is 9.82. The van der Waals surface area contributed by atoms with Crippen LogP contribution >= 0.6 is 11.3 Å². The highest BCUT2D eigenvalue weighted by atomic mass is 32.1. The molecule has 0 spiro atoms. The fourth-order valence-electron chi connectivity index (χ4n) is 5.17. The summed E-state index contributed by atoms with van der Waals surface area (Å²) in [6, 6.07) is 0.197. The lowest BCUT2D eigenvalue weighted by Crippen LogP contribution is -2.38. The highest BCUT2D eigenvalue weighted by Gasteiger charge is 2.36. The molecule has 7 heteroatoms. The topological polar surface area (TPSA) is 95.5 Å². The number of thiophene rings is 1. The van der Waals surface area contributed by atoms with Crippen LogP contribution in [0.3, 0.4) is 0 Å². The summed E-state index contributed by atoms with van der Waals surface area (Å²) >= 11 is 1.50. The molecule has 2 amide bonds. The first-order valence-electron chi connectivity index (χ1n) is 11.6. The van der Waals surface area contributed by atoms with Gasteiger partial charge in [0.05, 0.1) is 17.4 Å². The minimum absolute atomic E-state index is 0.0902. The van der Waals surface area contributed by atoms with Gasteiger partial charge in [0.25, 0.3) is 5.91 Å². The molecule has 0 aromatic carbocycles. The Morgan fingerprint density at radius 3 is 2.45 bits per heavy atom.